The predicted octanol–water partition coefficient (Wildman–Crippen LogP) is 3.48. The predicted molar refractivity (Wildman–Crippen MR) is 112 cm³/mol. The number of ether oxygens (including phenoxy) is 1. The Morgan fingerprint density at radius 1 is 1.00 bits per heavy atom. The summed E-state index contributed by atoms with van der Waals surface area (Å²) in [7, 11) is 0. The van der Waals surface area contributed by atoms with E-state index in [9.17, 15) is 4.79 Å². The molecule has 2 aromatic heterocycles. The van der Waals surface area contributed by atoms with Crippen molar-refractivity contribution in [3.05, 3.63) is 60.9 Å². The fraction of sp³-hybridized carbons (Fsp3) is 0.273. The molecule has 1 fully saturated rings. The zero-order chi connectivity index (χ0) is 20.1. The van der Waals surface area contributed by atoms with Gasteiger partial charge < -0.3 is 14.5 Å². The first kappa shape index (κ1) is 18.9. The van der Waals surface area contributed by atoms with Crippen LogP contribution in [0.5, 0.6) is 0 Å². The summed E-state index contributed by atoms with van der Waals surface area (Å²) < 4.78 is 5.11. The van der Waals surface area contributed by atoms with Gasteiger partial charge in [0, 0.05) is 55.8 Å². The van der Waals surface area contributed by atoms with E-state index in [0.29, 0.717) is 38.6 Å². The summed E-state index contributed by atoms with van der Waals surface area (Å²) in [4.78, 5) is 29.7. The lowest BCUT2D eigenvalue weighted by Gasteiger charge is -2.35. The van der Waals surface area contributed by atoms with Crippen LogP contribution in [-0.4, -0.2) is 58.7 Å². The van der Waals surface area contributed by atoms with Crippen molar-refractivity contribution in [2.24, 2.45) is 0 Å². The molecule has 0 bridgehead atoms. The molecule has 7 nitrogen and oxygen atoms in total. The second-order valence-electron chi connectivity index (χ2n) is 6.72. The molecule has 0 saturated carbocycles. The second kappa shape index (κ2) is 8.68. The maximum atomic E-state index is 12.0. The molecule has 1 aliphatic rings. The van der Waals surface area contributed by atoms with Gasteiger partial charge in [0.2, 0.25) is 0 Å². The van der Waals surface area contributed by atoms with Gasteiger partial charge in [-0.25, -0.2) is 14.8 Å². The molecule has 0 unspecified atom stereocenters. The van der Waals surface area contributed by atoms with E-state index >= 15 is 0 Å². The fourth-order valence-electron chi connectivity index (χ4n) is 3.31. The molecule has 0 radical (unpaired) electrons. The summed E-state index contributed by atoms with van der Waals surface area (Å²) in [5, 5.41) is 0. The van der Waals surface area contributed by atoms with Gasteiger partial charge in [0.15, 0.2) is 5.82 Å². The van der Waals surface area contributed by atoms with Gasteiger partial charge in [-0.3, -0.25) is 4.98 Å². The molecule has 1 saturated heterocycles. The average Bonchev–Trinajstić information content (AvgIpc) is 2.80. The van der Waals surface area contributed by atoms with Crippen LogP contribution in [0.2, 0.25) is 0 Å². The highest BCUT2D eigenvalue weighted by atomic mass is 16.6. The van der Waals surface area contributed by atoms with Gasteiger partial charge in [-0.15, -0.1) is 0 Å². The minimum absolute atomic E-state index is 0.254. The molecule has 29 heavy (non-hydrogen) atoms. The van der Waals surface area contributed by atoms with Gasteiger partial charge in [-0.1, -0.05) is 30.3 Å². The van der Waals surface area contributed by atoms with E-state index in [0.717, 1.165) is 22.6 Å². The third-order valence-electron chi connectivity index (χ3n) is 4.83. The van der Waals surface area contributed by atoms with Crippen molar-refractivity contribution < 1.29 is 9.53 Å². The molecule has 1 amide bonds. The van der Waals surface area contributed by atoms with Crippen molar-refractivity contribution in [1.82, 2.24) is 19.9 Å². The van der Waals surface area contributed by atoms with Crippen molar-refractivity contribution >= 4 is 11.9 Å². The lowest BCUT2D eigenvalue weighted by atomic mass is 10.1. The van der Waals surface area contributed by atoms with Crippen molar-refractivity contribution in [3.8, 4) is 22.6 Å². The molecule has 7 heteroatoms. The second-order valence-corrected chi connectivity index (χ2v) is 6.72. The van der Waals surface area contributed by atoms with Crippen LogP contribution >= 0.6 is 0 Å². The number of amides is 1. The Balaban J connectivity index is 1.64. The van der Waals surface area contributed by atoms with Crippen LogP contribution in [0.25, 0.3) is 22.6 Å². The number of rotatable bonds is 4. The van der Waals surface area contributed by atoms with E-state index < -0.39 is 0 Å². The van der Waals surface area contributed by atoms with Crippen LogP contribution in [0.1, 0.15) is 6.92 Å². The highest BCUT2D eigenvalue weighted by molar-refractivity contribution is 5.69. The Morgan fingerprint density at radius 3 is 2.45 bits per heavy atom. The Hall–Kier alpha value is -3.48. The maximum absolute atomic E-state index is 12.0. The summed E-state index contributed by atoms with van der Waals surface area (Å²) >= 11 is 0. The van der Waals surface area contributed by atoms with Gasteiger partial charge in [-0.2, -0.15) is 0 Å². The Morgan fingerprint density at radius 2 is 1.76 bits per heavy atom. The highest BCUT2D eigenvalue weighted by Crippen LogP contribution is 2.26. The van der Waals surface area contributed by atoms with Crippen molar-refractivity contribution in [3.63, 3.8) is 0 Å². The zero-order valence-electron chi connectivity index (χ0n) is 16.4. The number of carbonyl (C=O) groups is 1. The van der Waals surface area contributed by atoms with Crippen LogP contribution < -0.4 is 4.90 Å². The SMILES string of the molecule is CCOC(=O)N1CCN(c2cc(-c3cccnc3)nc(-c3ccccc3)n2)CC1. The van der Waals surface area contributed by atoms with Crippen LogP contribution in [-0.2, 0) is 4.74 Å². The first-order chi connectivity index (χ1) is 14.2. The number of piperazine rings is 1. The van der Waals surface area contributed by atoms with Crippen LogP contribution in [0.3, 0.4) is 0 Å². The van der Waals surface area contributed by atoms with Gasteiger partial charge >= 0.3 is 6.09 Å². The smallest absolute Gasteiger partial charge is 0.409 e. The average molecular weight is 389 g/mol. The molecule has 3 aromatic rings. The topological polar surface area (TPSA) is 71.5 Å². The molecule has 148 valence electrons. The van der Waals surface area contributed by atoms with Gasteiger partial charge in [0.05, 0.1) is 12.3 Å². The molecule has 3 heterocycles. The molecule has 0 aliphatic carbocycles. The molecule has 4 rings (SSSR count). The molecular weight excluding hydrogens is 366 g/mol. The standard InChI is InChI=1S/C22H23N5O2/c1-2-29-22(28)27-13-11-26(12-14-27)20-15-19(18-9-6-10-23-16-18)24-21(25-20)17-7-4-3-5-8-17/h3-10,15-16H,2,11-14H2,1H3. The largest absolute Gasteiger partial charge is 0.450 e. The summed E-state index contributed by atoms with van der Waals surface area (Å²) in [6.45, 7) is 4.80. The number of benzene rings is 1. The maximum Gasteiger partial charge on any atom is 0.409 e. The number of carbonyl (C=O) groups excluding carboxylic acids is 1. The van der Waals surface area contributed by atoms with Crippen molar-refractivity contribution in [2.75, 3.05) is 37.7 Å². The van der Waals surface area contributed by atoms with E-state index in [1.807, 2.05) is 55.5 Å². The first-order valence-corrected chi connectivity index (χ1v) is 9.76. The Labute approximate surface area is 170 Å². The minimum atomic E-state index is -0.254. The molecule has 1 aromatic carbocycles. The number of anilines is 1. The van der Waals surface area contributed by atoms with E-state index in [1.165, 1.54) is 0 Å². The number of nitrogens with zero attached hydrogens (tertiary/aromatic N) is 5. The molecule has 0 atom stereocenters. The number of hydrogen-bond donors (Lipinski definition) is 0. The van der Waals surface area contributed by atoms with Crippen molar-refractivity contribution in [2.45, 2.75) is 6.92 Å². The van der Waals surface area contributed by atoms with Gasteiger partial charge in [-0.05, 0) is 19.1 Å². The lowest BCUT2D eigenvalue weighted by Crippen LogP contribution is -2.49. The van der Waals surface area contributed by atoms with E-state index in [1.54, 1.807) is 17.3 Å². The first-order valence-electron chi connectivity index (χ1n) is 9.76. The third kappa shape index (κ3) is 4.34. The normalized spacial score (nSPS) is 14.0. The Bertz CT molecular complexity index is 900. The van der Waals surface area contributed by atoms with Gasteiger partial charge in [0.25, 0.3) is 0 Å². The zero-order valence-corrected chi connectivity index (χ0v) is 16.4. The lowest BCUT2D eigenvalue weighted by molar-refractivity contribution is 0.105. The monoisotopic (exact) mass is 389 g/mol. The van der Waals surface area contributed by atoms with E-state index in [4.69, 9.17) is 14.7 Å². The summed E-state index contributed by atoms with van der Waals surface area (Å²) in [6, 6.07) is 15.8. The van der Waals surface area contributed by atoms with Crippen LogP contribution in [0.4, 0.5) is 10.6 Å². The number of aromatic nitrogens is 3. The van der Waals surface area contributed by atoms with Crippen LogP contribution in [0.15, 0.2) is 60.9 Å². The molecular formula is C22H23N5O2. The Kier molecular flexibility index (Phi) is 5.65. The minimum Gasteiger partial charge on any atom is -0.450 e. The number of hydrogen-bond acceptors (Lipinski definition) is 6. The van der Waals surface area contributed by atoms with Crippen LogP contribution in [0, 0.1) is 0 Å². The highest BCUT2D eigenvalue weighted by Gasteiger charge is 2.23. The van der Waals surface area contributed by atoms with Gasteiger partial charge in [0.1, 0.15) is 5.82 Å². The molecule has 0 spiro atoms. The van der Waals surface area contributed by atoms with E-state index in [2.05, 4.69) is 9.88 Å². The van der Waals surface area contributed by atoms with Crippen molar-refractivity contribution in [1.29, 1.82) is 0 Å². The summed E-state index contributed by atoms with van der Waals surface area (Å²) in [5.41, 5.74) is 2.73. The fourth-order valence-corrected chi connectivity index (χ4v) is 3.31. The molecule has 1 aliphatic heterocycles. The summed E-state index contributed by atoms with van der Waals surface area (Å²) in [5.74, 6) is 1.52. The quantitative estimate of drug-likeness (QED) is 0.680. The number of pyridine rings is 1. The third-order valence-corrected chi connectivity index (χ3v) is 4.83. The molecule has 0 N–H and O–H groups in total. The summed E-state index contributed by atoms with van der Waals surface area (Å²) in [6.07, 6.45) is 3.30. The van der Waals surface area contributed by atoms with E-state index in [-0.39, 0.29) is 6.09 Å².